The summed E-state index contributed by atoms with van der Waals surface area (Å²) in [6.45, 7) is 5.13. The Morgan fingerprint density at radius 3 is 2.88 bits per heavy atom. The lowest BCUT2D eigenvalue weighted by atomic mass is 9.67. The largest absolute Gasteiger partial charge is 0.369 e. The average Bonchev–Trinajstić information content (AvgIpc) is 2.84. The molecule has 1 fully saturated rings. The maximum atomic E-state index is 12.8. The molecule has 2 heterocycles. The van der Waals surface area contributed by atoms with Gasteiger partial charge in [0.15, 0.2) is 0 Å². The van der Waals surface area contributed by atoms with Gasteiger partial charge in [0.2, 0.25) is 11.8 Å². The molecule has 2 amide bonds. The molecule has 33 heavy (non-hydrogen) atoms. The van der Waals surface area contributed by atoms with Crippen molar-refractivity contribution in [3.8, 4) is 6.07 Å². The monoisotopic (exact) mass is 444 g/mol. The first-order valence-electron chi connectivity index (χ1n) is 11.2. The fourth-order valence-corrected chi connectivity index (χ4v) is 5.16. The van der Waals surface area contributed by atoms with E-state index in [9.17, 15) is 14.9 Å². The average molecular weight is 445 g/mol. The fraction of sp³-hybridized carbons (Fsp3) is 0.400. The van der Waals surface area contributed by atoms with Crippen LogP contribution in [0.25, 0.3) is 0 Å². The minimum atomic E-state index is -0.793. The molecule has 2 N–H and O–H groups in total. The first-order valence-corrected chi connectivity index (χ1v) is 11.2. The van der Waals surface area contributed by atoms with Crippen LogP contribution in [-0.2, 0) is 27.8 Å². The summed E-state index contributed by atoms with van der Waals surface area (Å²) in [7, 11) is 0. The number of piperazine rings is 1. The number of carbonyl (C=O) groups excluding carboxylic acids is 2. The number of fused-ring (bicyclic) bond motifs is 1. The maximum Gasteiger partial charge on any atom is 0.246 e. The van der Waals surface area contributed by atoms with Gasteiger partial charge in [-0.2, -0.15) is 5.26 Å². The molecule has 1 saturated heterocycles. The fourth-order valence-electron chi connectivity index (χ4n) is 5.16. The van der Waals surface area contributed by atoms with Gasteiger partial charge in [-0.1, -0.05) is 30.8 Å². The predicted molar refractivity (Wildman–Crippen MR) is 124 cm³/mol. The van der Waals surface area contributed by atoms with Gasteiger partial charge in [0.1, 0.15) is 12.1 Å². The topological polar surface area (TPSA) is 116 Å². The molecule has 0 spiro atoms. The summed E-state index contributed by atoms with van der Waals surface area (Å²) in [6.07, 6.45) is 5.95. The van der Waals surface area contributed by atoms with Crippen LogP contribution in [-0.4, -0.2) is 52.4 Å². The van der Waals surface area contributed by atoms with Gasteiger partial charge in [0.05, 0.1) is 23.9 Å². The Balaban J connectivity index is 1.60. The van der Waals surface area contributed by atoms with Crippen molar-refractivity contribution in [2.24, 2.45) is 5.73 Å². The number of amides is 2. The van der Waals surface area contributed by atoms with Gasteiger partial charge < -0.3 is 15.5 Å². The third-order valence-corrected chi connectivity index (χ3v) is 6.84. The van der Waals surface area contributed by atoms with Gasteiger partial charge in [-0.25, -0.2) is 9.97 Å². The van der Waals surface area contributed by atoms with Crippen LogP contribution in [0.1, 0.15) is 36.1 Å². The Labute approximate surface area is 193 Å². The highest BCUT2D eigenvalue weighted by molar-refractivity contribution is 5.88. The van der Waals surface area contributed by atoms with Crippen molar-refractivity contribution >= 4 is 17.6 Å². The Kier molecular flexibility index (Phi) is 6.40. The lowest BCUT2D eigenvalue weighted by Crippen LogP contribution is -2.55. The van der Waals surface area contributed by atoms with E-state index < -0.39 is 5.41 Å². The number of nitrogens with zero attached hydrogens (tertiary/aromatic N) is 5. The van der Waals surface area contributed by atoms with E-state index in [2.05, 4.69) is 33.6 Å². The van der Waals surface area contributed by atoms with Crippen molar-refractivity contribution in [2.45, 2.75) is 43.6 Å². The van der Waals surface area contributed by atoms with E-state index in [0.29, 0.717) is 32.5 Å². The molecule has 4 rings (SSSR count). The van der Waals surface area contributed by atoms with Gasteiger partial charge in [0.25, 0.3) is 0 Å². The van der Waals surface area contributed by atoms with Crippen LogP contribution in [0.4, 0.5) is 5.82 Å². The summed E-state index contributed by atoms with van der Waals surface area (Å²) in [5.74, 6) is 0.218. The van der Waals surface area contributed by atoms with Crippen molar-refractivity contribution < 1.29 is 9.59 Å². The van der Waals surface area contributed by atoms with Crippen LogP contribution in [0, 0.1) is 11.3 Å². The molecule has 0 saturated carbocycles. The first-order chi connectivity index (χ1) is 16.0. The highest BCUT2D eigenvalue weighted by atomic mass is 16.2. The highest BCUT2D eigenvalue weighted by Gasteiger charge is 2.42. The number of nitriles is 1. The molecule has 2 unspecified atom stereocenters. The summed E-state index contributed by atoms with van der Waals surface area (Å²) in [6, 6.07) is 11.8. The van der Waals surface area contributed by atoms with E-state index in [-0.39, 0.29) is 24.3 Å². The Morgan fingerprint density at radius 2 is 2.12 bits per heavy atom. The lowest BCUT2D eigenvalue weighted by molar-refractivity contribution is -0.128. The predicted octanol–water partition coefficient (Wildman–Crippen LogP) is 1.90. The maximum absolute atomic E-state index is 12.8. The number of rotatable bonds is 6. The number of carbonyl (C=O) groups is 2. The Morgan fingerprint density at radius 1 is 1.30 bits per heavy atom. The van der Waals surface area contributed by atoms with E-state index in [1.807, 2.05) is 24.3 Å². The summed E-state index contributed by atoms with van der Waals surface area (Å²) in [5.41, 5.74) is 8.10. The van der Waals surface area contributed by atoms with E-state index in [0.717, 1.165) is 29.9 Å². The number of aryl methyl sites for hydroxylation is 1. The van der Waals surface area contributed by atoms with Crippen molar-refractivity contribution in [3.05, 3.63) is 66.1 Å². The molecule has 2 aliphatic rings. The normalized spacial score (nSPS) is 22.2. The number of aromatic nitrogens is 2. The molecule has 0 radical (unpaired) electrons. The minimum Gasteiger partial charge on any atom is -0.369 e. The number of nitrogens with two attached hydrogens (primary N) is 1. The lowest BCUT2D eigenvalue weighted by Gasteiger charge is -2.41. The van der Waals surface area contributed by atoms with Gasteiger partial charge >= 0.3 is 0 Å². The van der Waals surface area contributed by atoms with E-state index in [4.69, 9.17) is 5.73 Å². The standard InChI is InChI=1S/C25H28N6O2/c1-2-23(32)31-13-12-30(16-20(31)9-11-26)22-14-19(28-17-29-22)15-25(24(27)33)10-5-7-18-6-3-4-8-21(18)25/h2-4,6,8,14,17,20H,1,5,7,9-10,12-13,15-16H2,(H2,27,33). The van der Waals surface area contributed by atoms with Crippen LogP contribution in [0.5, 0.6) is 0 Å². The summed E-state index contributed by atoms with van der Waals surface area (Å²) in [5, 5.41) is 9.23. The SMILES string of the molecule is C=CC(=O)N1CCN(c2cc(CC3(C(N)=O)CCCc4ccccc43)ncn2)CC1CC#N. The van der Waals surface area contributed by atoms with Gasteiger partial charge in [-0.05, 0) is 36.5 Å². The van der Waals surface area contributed by atoms with E-state index in [1.54, 1.807) is 4.90 Å². The molecule has 8 nitrogen and oxygen atoms in total. The molecule has 2 atom stereocenters. The second kappa shape index (κ2) is 9.41. The second-order valence-electron chi connectivity index (χ2n) is 8.70. The third-order valence-electron chi connectivity index (χ3n) is 6.84. The first kappa shape index (κ1) is 22.5. The summed E-state index contributed by atoms with van der Waals surface area (Å²) >= 11 is 0. The zero-order valence-corrected chi connectivity index (χ0v) is 18.6. The number of benzene rings is 1. The molecule has 0 bridgehead atoms. The van der Waals surface area contributed by atoms with Crippen LogP contribution >= 0.6 is 0 Å². The summed E-state index contributed by atoms with van der Waals surface area (Å²) in [4.78, 5) is 37.6. The Bertz CT molecular complexity index is 1110. The van der Waals surface area contributed by atoms with Gasteiger partial charge in [-0.15, -0.1) is 0 Å². The molecule has 1 aliphatic heterocycles. The minimum absolute atomic E-state index is 0.169. The quantitative estimate of drug-likeness (QED) is 0.680. The summed E-state index contributed by atoms with van der Waals surface area (Å²) < 4.78 is 0. The number of primary amides is 1. The third kappa shape index (κ3) is 4.31. The molecule has 1 aromatic carbocycles. The number of anilines is 1. The molecule has 1 aromatic heterocycles. The molecular weight excluding hydrogens is 416 g/mol. The molecule has 170 valence electrons. The number of hydrogen-bond acceptors (Lipinski definition) is 6. The zero-order valence-electron chi connectivity index (χ0n) is 18.6. The van der Waals surface area contributed by atoms with E-state index in [1.165, 1.54) is 18.0 Å². The molecule has 2 aromatic rings. The highest BCUT2D eigenvalue weighted by Crippen LogP contribution is 2.40. The smallest absolute Gasteiger partial charge is 0.246 e. The van der Waals surface area contributed by atoms with Crippen molar-refractivity contribution in [1.82, 2.24) is 14.9 Å². The molecule has 1 aliphatic carbocycles. The molecule has 8 heteroatoms. The molecular formula is C25H28N6O2. The zero-order chi connectivity index (χ0) is 23.4. The van der Waals surface area contributed by atoms with Crippen molar-refractivity contribution in [3.63, 3.8) is 0 Å². The van der Waals surface area contributed by atoms with Gasteiger partial charge in [-0.3, -0.25) is 9.59 Å². The van der Waals surface area contributed by atoms with Crippen LogP contribution in [0.3, 0.4) is 0 Å². The van der Waals surface area contributed by atoms with Crippen LogP contribution < -0.4 is 10.6 Å². The van der Waals surface area contributed by atoms with Gasteiger partial charge in [0, 0.05) is 37.8 Å². The van der Waals surface area contributed by atoms with Crippen molar-refractivity contribution in [2.75, 3.05) is 24.5 Å². The van der Waals surface area contributed by atoms with Crippen LogP contribution in [0.2, 0.25) is 0 Å². The second-order valence-corrected chi connectivity index (χ2v) is 8.70. The van der Waals surface area contributed by atoms with Crippen LogP contribution in [0.15, 0.2) is 49.3 Å². The Hall–Kier alpha value is -3.73. The van der Waals surface area contributed by atoms with Crippen molar-refractivity contribution in [1.29, 1.82) is 5.26 Å². The van der Waals surface area contributed by atoms with E-state index >= 15 is 0 Å². The number of hydrogen-bond donors (Lipinski definition) is 1.